The molecule has 1 aromatic heterocycles. The van der Waals surface area contributed by atoms with E-state index < -0.39 is 11.7 Å². The fourth-order valence-electron chi connectivity index (χ4n) is 2.75. The largest absolute Gasteiger partial charge is 0.421 e. The summed E-state index contributed by atoms with van der Waals surface area (Å²) in [5, 5.41) is 10.8. The van der Waals surface area contributed by atoms with Gasteiger partial charge in [0.25, 0.3) is 0 Å². The summed E-state index contributed by atoms with van der Waals surface area (Å²) in [6.07, 6.45) is -2.52. The van der Waals surface area contributed by atoms with E-state index in [2.05, 4.69) is 15.5 Å². The predicted molar refractivity (Wildman–Crippen MR) is 101 cm³/mol. The van der Waals surface area contributed by atoms with Gasteiger partial charge in [-0.05, 0) is 42.7 Å². The van der Waals surface area contributed by atoms with Gasteiger partial charge in [0.2, 0.25) is 17.7 Å². The number of rotatable bonds is 8. The van der Waals surface area contributed by atoms with Crippen LogP contribution in [-0.4, -0.2) is 22.6 Å². The number of aromatic nitrogens is 2. The van der Waals surface area contributed by atoms with Gasteiger partial charge in [-0.2, -0.15) is 13.2 Å². The predicted octanol–water partition coefficient (Wildman–Crippen LogP) is 4.44. The van der Waals surface area contributed by atoms with E-state index in [0.717, 1.165) is 23.3 Å². The van der Waals surface area contributed by atoms with Crippen LogP contribution in [0.5, 0.6) is 0 Å². The van der Waals surface area contributed by atoms with E-state index in [1.54, 1.807) is 0 Å². The molecule has 0 spiro atoms. The van der Waals surface area contributed by atoms with Crippen molar-refractivity contribution < 1.29 is 22.4 Å². The summed E-state index contributed by atoms with van der Waals surface area (Å²) in [6, 6.07) is 14.4. The molecule has 1 heterocycles. The highest BCUT2D eigenvalue weighted by atomic mass is 19.4. The average molecular weight is 403 g/mol. The number of aryl methyl sites for hydroxylation is 1. The lowest BCUT2D eigenvalue weighted by molar-refractivity contribution is -0.137. The van der Waals surface area contributed by atoms with Crippen molar-refractivity contribution in [3.8, 4) is 11.5 Å². The van der Waals surface area contributed by atoms with Crippen LogP contribution in [0.25, 0.3) is 11.5 Å². The molecular weight excluding hydrogens is 383 g/mol. The molecule has 0 aliphatic carbocycles. The van der Waals surface area contributed by atoms with Crippen molar-refractivity contribution in [3.63, 3.8) is 0 Å². The van der Waals surface area contributed by atoms with Crippen LogP contribution in [0.2, 0.25) is 0 Å². The maximum atomic E-state index is 12.5. The first-order valence-corrected chi connectivity index (χ1v) is 9.22. The summed E-state index contributed by atoms with van der Waals surface area (Å²) < 4.78 is 43.2. The standard InChI is InChI=1S/C21H20F3N3O2/c22-21(23,24)17-11-9-15(10-12-17)13-14-25-18(28)7-4-8-19-26-27-20(29-19)16-5-2-1-3-6-16/h1-3,5-6,9-12H,4,7-8,13-14H2,(H,25,28). The molecule has 8 heteroatoms. The quantitative estimate of drug-likeness (QED) is 0.604. The van der Waals surface area contributed by atoms with Crippen LogP contribution in [0.3, 0.4) is 0 Å². The average Bonchev–Trinajstić information content (AvgIpc) is 3.17. The summed E-state index contributed by atoms with van der Waals surface area (Å²) in [7, 11) is 0. The van der Waals surface area contributed by atoms with E-state index in [1.165, 1.54) is 12.1 Å². The number of carbonyl (C=O) groups excluding carboxylic acids is 1. The Kier molecular flexibility index (Phi) is 6.64. The van der Waals surface area contributed by atoms with E-state index in [9.17, 15) is 18.0 Å². The zero-order chi connectivity index (χ0) is 20.7. The molecule has 0 aliphatic rings. The molecule has 0 unspecified atom stereocenters. The second kappa shape index (κ2) is 9.36. The Morgan fingerprint density at radius 1 is 0.966 bits per heavy atom. The number of benzene rings is 2. The highest BCUT2D eigenvalue weighted by Crippen LogP contribution is 2.29. The second-order valence-electron chi connectivity index (χ2n) is 6.52. The lowest BCUT2D eigenvalue weighted by Crippen LogP contribution is -2.25. The molecule has 0 bridgehead atoms. The van der Waals surface area contributed by atoms with Gasteiger partial charge in [0.1, 0.15) is 0 Å². The maximum absolute atomic E-state index is 12.5. The summed E-state index contributed by atoms with van der Waals surface area (Å²) in [6.45, 7) is 0.364. The van der Waals surface area contributed by atoms with Gasteiger partial charge in [-0.3, -0.25) is 4.79 Å². The van der Waals surface area contributed by atoms with Gasteiger partial charge in [-0.1, -0.05) is 30.3 Å². The van der Waals surface area contributed by atoms with Gasteiger partial charge in [-0.25, -0.2) is 0 Å². The molecular formula is C21H20F3N3O2. The Morgan fingerprint density at radius 2 is 1.69 bits per heavy atom. The molecule has 152 valence electrons. The normalized spacial score (nSPS) is 11.4. The minimum atomic E-state index is -4.34. The number of hydrogen-bond donors (Lipinski definition) is 1. The fourth-order valence-corrected chi connectivity index (χ4v) is 2.75. The zero-order valence-corrected chi connectivity index (χ0v) is 15.6. The van der Waals surface area contributed by atoms with Crippen molar-refractivity contribution >= 4 is 5.91 Å². The number of amides is 1. The molecule has 0 aliphatic heterocycles. The van der Waals surface area contributed by atoms with E-state index >= 15 is 0 Å². The molecule has 1 amide bonds. The number of alkyl halides is 3. The van der Waals surface area contributed by atoms with Crippen LogP contribution in [0.4, 0.5) is 13.2 Å². The van der Waals surface area contributed by atoms with Crippen LogP contribution < -0.4 is 5.32 Å². The Bertz CT molecular complexity index is 922. The molecule has 3 aromatic rings. The van der Waals surface area contributed by atoms with Crippen LogP contribution in [0.1, 0.15) is 29.9 Å². The number of nitrogens with one attached hydrogen (secondary N) is 1. The highest BCUT2D eigenvalue weighted by Gasteiger charge is 2.29. The lowest BCUT2D eigenvalue weighted by Gasteiger charge is -2.08. The Hall–Kier alpha value is -3.16. The van der Waals surface area contributed by atoms with Gasteiger partial charge >= 0.3 is 6.18 Å². The molecule has 0 fully saturated rings. The van der Waals surface area contributed by atoms with Gasteiger partial charge in [0, 0.05) is 24.9 Å². The van der Waals surface area contributed by atoms with Gasteiger partial charge in [0.05, 0.1) is 5.56 Å². The molecule has 0 saturated heterocycles. The smallest absolute Gasteiger partial charge is 0.416 e. The van der Waals surface area contributed by atoms with Crippen molar-refractivity contribution in [2.75, 3.05) is 6.54 Å². The Labute approximate surface area is 166 Å². The molecule has 0 saturated carbocycles. The minimum absolute atomic E-state index is 0.125. The maximum Gasteiger partial charge on any atom is 0.416 e. The van der Waals surface area contributed by atoms with Crippen LogP contribution >= 0.6 is 0 Å². The van der Waals surface area contributed by atoms with Gasteiger partial charge in [-0.15, -0.1) is 10.2 Å². The molecule has 3 rings (SSSR count). The molecule has 1 N–H and O–H groups in total. The van der Waals surface area contributed by atoms with E-state index in [4.69, 9.17) is 4.42 Å². The Balaban J connectivity index is 1.36. The van der Waals surface area contributed by atoms with Crippen molar-refractivity contribution in [1.82, 2.24) is 15.5 Å². The topological polar surface area (TPSA) is 68.0 Å². The third kappa shape index (κ3) is 6.17. The first kappa shape index (κ1) is 20.6. The summed E-state index contributed by atoms with van der Waals surface area (Å²) in [4.78, 5) is 11.9. The van der Waals surface area contributed by atoms with Crippen molar-refractivity contribution in [3.05, 3.63) is 71.6 Å². The monoisotopic (exact) mass is 403 g/mol. The molecule has 0 radical (unpaired) electrons. The third-order valence-electron chi connectivity index (χ3n) is 4.30. The number of carbonyl (C=O) groups is 1. The zero-order valence-electron chi connectivity index (χ0n) is 15.6. The van der Waals surface area contributed by atoms with Gasteiger partial charge < -0.3 is 9.73 Å². The van der Waals surface area contributed by atoms with E-state index in [1.807, 2.05) is 30.3 Å². The van der Waals surface area contributed by atoms with Gasteiger partial charge in [0.15, 0.2) is 0 Å². The van der Waals surface area contributed by atoms with E-state index in [0.29, 0.717) is 44.0 Å². The number of nitrogens with zero attached hydrogens (tertiary/aromatic N) is 2. The molecule has 0 atom stereocenters. The summed E-state index contributed by atoms with van der Waals surface area (Å²) in [5.74, 6) is 0.794. The second-order valence-corrected chi connectivity index (χ2v) is 6.52. The van der Waals surface area contributed by atoms with Crippen molar-refractivity contribution in [2.45, 2.75) is 31.9 Å². The first-order valence-electron chi connectivity index (χ1n) is 9.22. The van der Waals surface area contributed by atoms with Crippen LogP contribution in [-0.2, 0) is 23.8 Å². The van der Waals surface area contributed by atoms with Crippen LogP contribution in [0.15, 0.2) is 59.0 Å². The number of hydrogen-bond acceptors (Lipinski definition) is 4. The van der Waals surface area contributed by atoms with E-state index in [-0.39, 0.29) is 5.91 Å². The molecule has 2 aromatic carbocycles. The summed E-state index contributed by atoms with van der Waals surface area (Å²) in [5.41, 5.74) is 0.895. The SMILES string of the molecule is O=C(CCCc1nnc(-c2ccccc2)o1)NCCc1ccc(C(F)(F)F)cc1. The van der Waals surface area contributed by atoms with Crippen LogP contribution in [0, 0.1) is 0 Å². The Morgan fingerprint density at radius 3 is 2.38 bits per heavy atom. The highest BCUT2D eigenvalue weighted by molar-refractivity contribution is 5.75. The molecule has 29 heavy (non-hydrogen) atoms. The lowest BCUT2D eigenvalue weighted by atomic mass is 10.1. The fraction of sp³-hybridized carbons (Fsp3) is 0.286. The first-order chi connectivity index (χ1) is 13.9. The van der Waals surface area contributed by atoms with Crippen molar-refractivity contribution in [1.29, 1.82) is 0 Å². The summed E-state index contributed by atoms with van der Waals surface area (Å²) >= 11 is 0. The third-order valence-corrected chi connectivity index (χ3v) is 4.30. The number of halogens is 3. The minimum Gasteiger partial charge on any atom is -0.421 e. The van der Waals surface area contributed by atoms with Crippen molar-refractivity contribution in [2.24, 2.45) is 0 Å². The molecule has 5 nitrogen and oxygen atoms in total.